The molecule has 1 heterocycles. The Labute approximate surface area is 144 Å². The molecule has 1 amide bonds. The lowest BCUT2D eigenvalue weighted by atomic mass is 10.1. The van der Waals surface area contributed by atoms with Gasteiger partial charge in [-0.3, -0.25) is 9.59 Å². The van der Waals surface area contributed by atoms with Crippen LogP contribution >= 0.6 is 0 Å². The second kappa shape index (κ2) is 9.60. The Bertz CT molecular complexity index is 474. The van der Waals surface area contributed by atoms with Gasteiger partial charge in [0.25, 0.3) is 0 Å². The van der Waals surface area contributed by atoms with Crippen LogP contribution in [0.2, 0.25) is 0 Å². The van der Waals surface area contributed by atoms with Gasteiger partial charge < -0.3 is 14.4 Å². The van der Waals surface area contributed by atoms with Crippen molar-refractivity contribution in [2.45, 2.75) is 63.8 Å². The van der Waals surface area contributed by atoms with E-state index in [9.17, 15) is 14.4 Å². The first-order valence-corrected chi connectivity index (χ1v) is 9.16. The first kappa shape index (κ1) is 18.7. The van der Waals surface area contributed by atoms with Crippen LogP contribution in [0.15, 0.2) is 12.2 Å². The molecule has 0 aromatic carbocycles. The molecular formula is C19H29NO4. The highest BCUT2D eigenvalue weighted by Gasteiger charge is 2.41. The fourth-order valence-corrected chi connectivity index (χ4v) is 3.40. The number of methoxy groups -OCH3 is 1. The van der Waals surface area contributed by atoms with Crippen molar-refractivity contribution in [3.8, 4) is 0 Å². The normalized spacial score (nSPS) is 25.9. The van der Waals surface area contributed by atoms with Crippen LogP contribution < -0.4 is 0 Å². The SMILES string of the molecule is COC(=O)[C@H]1C[C@H]1/C=C\CCCCCCC(=O)N1CCC[C@H]1C=O. The topological polar surface area (TPSA) is 63.7 Å². The van der Waals surface area contributed by atoms with Gasteiger partial charge >= 0.3 is 5.97 Å². The number of allylic oxidation sites excluding steroid dienone is 2. The Kier molecular flexibility index (Phi) is 7.47. The number of nitrogens with zero attached hydrogens (tertiary/aromatic N) is 1. The molecule has 0 aromatic rings. The number of esters is 1. The Hall–Kier alpha value is -1.65. The summed E-state index contributed by atoms with van der Waals surface area (Å²) in [4.78, 5) is 36.0. The van der Waals surface area contributed by atoms with Gasteiger partial charge in [-0.1, -0.05) is 25.0 Å². The molecule has 3 atom stereocenters. The number of rotatable bonds is 10. The second-order valence-electron chi connectivity index (χ2n) is 6.84. The summed E-state index contributed by atoms with van der Waals surface area (Å²) < 4.78 is 4.72. The second-order valence-corrected chi connectivity index (χ2v) is 6.84. The molecule has 1 saturated heterocycles. The van der Waals surface area contributed by atoms with Crippen molar-refractivity contribution < 1.29 is 19.1 Å². The standard InChI is InChI=1S/C19H29NO4/c1-24-19(23)17-13-15(17)9-6-4-2-3-5-7-11-18(22)20-12-8-10-16(20)14-21/h6,9,14-17H,2-5,7-8,10-13H2,1H3/b9-6-/t15-,16+,17+/m1/s1. The first-order chi connectivity index (χ1) is 11.7. The van der Waals surface area contributed by atoms with Crippen molar-refractivity contribution in [2.75, 3.05) is 13.7 Å². The number of aldehydes is 1. The van der Waals surface area contributed by atoms with E-state index in [1.165, 1.54) is 7.11 Å². The summed E-state index contributed by atoms with van der Waals surface area (Å²) in [7, 11) is 1.44. The molecule has 2 fully saturated rings. The largest absolute Gasteiger partial charge is 0.469 e. The molecule has 5 heteroatoms. The van der Waals surface area contributed by atoms with Crippen LogP contribution in [0.25, 0.3) is 0 Å². The lowest BCUT2D eigenvalue weighted by Crippen LogP contribution is -2.36. The van der Waals surface area contributed by atoms with E-state index in [-0.39, 0.29) is 23.8 Å². The Morgan fingerprint density at radius 3 is 2.75 bits per heavy atom. The van der Waals surface area contributed by atoms with Gasteiger partial charge in [-0.15, -0.1) is 0 Å². The van der Waals surface area contributed by atoms with Crippen LogP contribution in [0.4, 0.5) is 0 Å². The van der Waals surface area contributed by atoms with Crippen molar-refractivity contribution >= 4 is 18.2 Å². The molecule has 134 valence electrons. The van der Waals surface area contributed by atoms with Crippen LogP contribution in [0.1, 0.15) is 57.8 Å². The molecule has 0 unspecified atom stereocenters. The summed E-state index contributed by atoms with van der Waals surface area (Å²) in [6.45, 7) is 0.737. The monoisotopic (exact) mass is 335 g/mol. The van der Waals surface area contributed by atoms with Gasteiger partial charge in [-0.25, -0.2) is 0 Å². The highest BCUT2D eigenvalue weighted by Crippen LogP contribution is 2.40. The number of hydrogen-bond donors (Lipinski definition) is 0. The van der Waals surface area contributed by atoms with Crippen molar-refractivity contribution in [1.29, 1.82) is 0 Å². The Balaban J connectivity index is 1.46. The van der Waals surface area contributed by atoms with E-state index >= 15 is 0 Å². The smallest absolute Gasteiger partial charge is 0.309 e. The van der Waals surface area contributed by atoms with Crippen molar-refractivity contribution in [1.82, 2.24) is 4.90 Å². The molecule has 2 aliphatic rings. The first-order valence-electron chi connectivity index (χ1n) is 9.16. The van der Waals surface area contributed by atoms with E-state index in [1.54, 1.807) is 4.90 Å². The summed E-state index contributed by atoms with van der Waals surface area (Å²) in [5, 5.41) is 0. The maximum atomic E-state index is 12.1. The quantitative estimate of drug-likeness (QED) is 0.266. The predicted octanol–water partition coefficient (Wildman–Crippen LogP) is 2.88. The molecule has 0 radical (unpaired) electrons. The molecule has 1 saturated carbocycles. The molecule has 0 bridgehead atoms. The fourth-order valence-electron chi connectivity index (χ4n) is 3.40. The molecule has 24 heavy (non-hydrogen) atoms. The number of amides is 1. The van der Waals surface area contributed by atoms with Crippen LogP contribution in [0, 0.1) is 11.8 Å². The van der Waals surface area contributed by atoms with Crippen molar-refractivity contribution in [3.05, 3.63) is 12.2 Å². The average Bonchev–Trinajstić information content (AvgIpc) is 3.20. The van der Waals surface area contributed by atoms with E-state index in [1.807, 2.05) is 0 Å². The van der Waals surface area contributed by atoms with Gasteiger partial charge in [0, 0.05) is 13.0 Å². The zero-order valence-electron chi connectivity index (χ0n) is 14.6. The zero-order chi connectivity index (χ0) is 17.4. The maximum Gasteiger partial charge on any atom is 0.309 e. The highest BCUT2D eigenvalue weighted by atomic mass is 16.5. The molecule has 0 spiro atoms. The summed E-state index contributed by atoms with van der Waals surface area (Å²) in [6.07, 6.45) is 13.6. The lowest BCUT2D eigenvalue weighted by molar-refractivity contribution is -0.142. The number of carbonyl (C=O) groups is 3. The number of hydrogen-bond acceptors (Lipinski definition) is 4. The minimum absolute atomic E-state index is 0.0815. The van der Waals surface area contributed by atoms with Crippen LogP contribution in [-0.2, 0) is 19.1 Å². The number of carbonyl (C=O) groups excluding carboxylic acids is 3. The predicted molar refractivity (Wildman–Crippen MR) is 91.3 cm³/mol. The molecule has 0 N–H and O–H groups in total. The average molecular weight is 335 g/mol. The summed E-state index contributed by atoms with van der Waals surface area (Å²) in [6, 6.07) is -0.182. The van der Waals surface area contributed by atoms with Gasteiger partial charge in [0.2, 0.25) is 5.91 Å². The van der Waals surface area contributed by atoms with Gasteiger partial charge in [-0.2, -0.15) is 0 Å². The van der Waals surface area contributed by atoms with Crippen LogP contribution in [0.3, 0.4) is 0 Å². The third kappa shape index (κ3) is 5.46. The van der Waals surface area contributed by atoms with Gasteiger partial charge in [0.15, 0.2) is 0 Å². The minimum Gasteiger partial charge on any atom is -0.469 e. The number of likely N-dealkylation sites (tertiary alicyclic amines) is 1. The molecule has 1 aliphatic carbocycles. The molecule has 2 rings (SSSR count). The summed E-state index contributed by atoms with van der Waals surface area (Å²) >= 11 is 0. The minimum atomic E-state index is -0.182. The van der Waals surface area contributed by atoms with Crippen LogP contribution in [-0.4, -0.2) is 42.8 Å². The zero-order valence-corrected chi connectivity index (χ0v) is 14.6. The van der Waals surface area contributed by atoms with Gasteiger partial charge in [-0.05, 0) is 44.4 Å². The maximum absolute atomic E-state index is 12.1. The van der Waals surface area contributed by atoms with E-state index < -0.39 is 0 Å². The van der Waals surface area contributed by atoms with E-state index in [0.717, 1.165) is 64.2 Å². The lowest BCUT2D eigenvalue weighted by Gasteiger charge is -2.20. The highest BCUT2D eigenvalue weighted by molar-refractivity contribution is 5.80. The summed E-state index contributed by atoms with van der Waals surface area (Å²) in [5.41, 5.74) is 0. The molecule has 5 nitrogen and oxygen atoms in total. The molecule has 1 aliphatic heterocycles. The number of ether oxygens (including phenoxy) is 1. The van der Waals surface area contributed by atoms with Gasteiger partial charge in [0.1, 0.15) is 6.29 Å². The fraction of sp³-hybridized carbons (Fsp3) is 0.737. The van der Waals surface area contributed by atoms with E-state index in [4.69, 9.17) is 4.74 Å². The summed E-state index contributed by atoms with van der Waals surface area (Å²) in [5.74, 6) is 0.496. The van der Waals surface area contributed by atoms with E-state index in [0.29, 0.717) is 12.3 Å². The van der Waals surface area contributed by atoms with E-state index in [2.05, 4.69) is 12.2 Å². The Morgan fingerprint density at radius 2 is 2.00 bits per heavy atom. The van der Waals surface area contributed by atoms with Gasteiger partial charge in [0.05, 0.1) is 19.1 Å². The third-order valence-corrected chi connectivity index (χ3v) is 5.02. The van der Waals surface area contributed by atoms with Crippen LogP contribution in [0.5, 0.6) is 0 Å². The van der Waals surface area contributed by atoms with Crippen molar-refractivity contribution in [3.63, 3.8) is 0 Å². The third-order valence-electron chi connectivity index (χ3n) is 5.02. The molecular weight excluding hydrogens is 306 g/mol. The molecule has 0 aromatic heterocycles. The Morgan fingerprint density at radius 1 is 1.21 bits per heavy atom. The number of unbranched alkanes of at least 4 members (excludes halogenated alkanes) is 4. The van der Waals surface area contributed by atoms with Crippen molar-refractivity contribution in [2.24, 2.45) is 11.8 Å².